The number of carbonyl (C=O) groups is 1. The average Bonchev–Trinajstić information content (AvgIpc) is 2.15. The van der Waals surface area contributed by atoms with Gasteiger partial charge in [0, 0.05) is 0 Å². The van der Waals surface area contributed by atoms with E-state index in [1.54, 1.807) is 11.8 Å². The minimum atomic E-state index is -0.713. The summed E-state index contributed by atoms with van der Waals surface area (Å²) in [5.74, 6) is 1.34. The third-order valence-electron chi connectivity index (χ3n) is 1.99. The second-order valence-electron chi connectivity index (χ2n) is 2.99. The first-order valence-electron chi connectivity index (χ1n) is 4.33. The van der Waals surface area contributed by atoms with E-state index in [1.165, 1.54) is 0 Å². The molecule has 0 bridgehead atoms. The molecule has 0 aromatic carbocycles. The number of thioether (sulfide) groups is 2. The van der Waals surface area contributed by atoms with Crippen LogP contribution in [0.4, 0.5) is 0 Å². The lowest BCUT2D eigenvalue weighted by Gasteiger charge is -2.27. The molecule has 13 heavy (non-hydrogen) atoms. The highest BCUT2D eigenvalue weighted by Gasteiger charge is 2.25. The molecule has 0 spiro atoms. The van der Waals surface area contributed by atoms with E-state index in [2.05, 4.69) is 11.6 Å². The summed E-state index contributed by atoms with van der Waals surface area (Å²) >= 11 is 3.64. The average molecular weight is 221 g/mol. The van der Waals surface area contributed by atoms with Gasteiger partial charge in [0.25, 0.3) is 0 Å². The second-order valence-corrected chi connectivity index (χ2v) is 5.28. The van der Waals surface area contributed by atoms with Crippen LogP contribution in [-0.4, -0.2) is 40.3 Å². The molecular formula is C8H15NO2S2. The monoisotopic (exact) mass is 221 g/mol. The van der Waals surface area contributed by atoms with Crippen LogP contribution in [0.25, 0.3) is 0 Å². The Balaban J connectivity index is 2.29. The Bertz CT molecular complexity index is 178. The van der Waals surface area contributed by atoms with Crippen molar-refractivity contribution in [2.24, 2.45) is 0 Å². The molecule has 0 aromatic rings. The predicted octanol–water partition coefficient (Wildman–Crippen LogP) is 1.25. The maximum absolute atomic E-state index is 10.7. The molecule has 3 nitrogen and oxygen atoms in total. The maximum atomic E-state index is 10.7. The minimum Gasteiger partial charge on any atom is -0.480 e. The van der Waals surface area contributed by atoms with Gasteiger partial charge in [-0.25, -0.2) is 0 Å². The van der Waals surface area contributed by atoms with Crippen molar-refractivity contribution >= 4 is 29.5 Å². The Kier molecular flexibility index (Phi) is 4.98. The zero-order valence-electron chi connectivity index (χ0n) is 7.66. The van der Waals surface area contributed by atoms with Crippen molar-refractivity contribution in [3.8, 4) is 0 Å². The van der Waals surface area contributed by atoms with Gasteiger partial charge in [-0.15, -0.1) is 11.8 Å². The molecule has 2 atom stereocenters. The Labute approximate surface area is 87.0 Å². The molecular weight excluding hydrogens is 206 g/mol. The SMILES string of the molecule is CSCCC1NC(C(=O)O)CCS1. The normalized spacial score (nSPS) is 28.7. The third-order valence-corrected chi connectivity index (χ3v) is 3.88. The molecule has 1 aliphatic heterocycles. The number of hydrogen-bond donors (Lipinski definition) is 2. The molecule has 1 aliphatic rings. The van der Waals surface area contributed by atoms with E-state index in [9.17, 15) is 4.79 Å². The number of rotatable bonds is 4. The van der Waals surface area contributed by atoms with Gasteiger partial charge in [-0.2, -0.15) is 11.8 Å². The van der Waals surface area contributed by atoms with Gasteiger partial charge in [0.1, 0.15) is 6.04 Å². The van der Waals surface area contributed by atoms with Crippen molar-refractivity contribution in [2.75, 3.05) is 17.8 Å². The van der Waals surface area contributed by atoms with E-state index in [0.29, 0.717) is 5.37 Å². The summed E-state index contributed by atoms with van der Waals surface area (Å²) in [5, 5.41) is 12.3. The first-order valence-corrected chi connectivity index (χ1v) is 6.77. The summed E-state index contributed by atoms with van der Waals surface area (Å²) in [4.78, 5) is 10.7. The molecule has 1 saturated heterocycles. The Morgan fingerprint density at radius 1 is 1.77 bits per heavy atom. The highest BCUT2D eigenvalue weighted by Crippen LogP contribution is 2.21. The van der Waals surface area contributed by atoms with Gasteiger partial charge in [-0.1, -0.05) is 0 Å². The molecule has 1 rings (SSSR count). The maximum Gasteiger partial charge on any atom is 0.320 e. The molecule has 2 N–H and O–H groups in total. The fourth-order valence-corrected chi connectivity index (χ4v) is 3.09. The highest BCUT2D eigenvalue weighted by atomic mass is 32.2. The summed E-state index contributed by atoms with van der Waals surface area (Å²) in [6, 6.07) is -0.326. The lowest BCUT2D eigenvalue weighted by Crippen LogP contribution is -2.45. The van der Waals surface area contributed by atoms with E-state index in [0.717, 1.165) is 24.3 Å². The topological polar surface area (TPSA) is 49.3 Å². The van der Waals surface area contributed by atoms with E-state index in [1.807, 2.05) is 11.8 Å². The van der Waals surface area contributed by atoms with Gasteiger partial charge in [-0.05, 0) is 30.6 Å². The van der Waals surface area contributed by atoms with Crippen LogP contribution in [0.2, 0.25) is 0 Å². The van der Waals surface area contributed by atoms with Gasteiger partial charge in [0.15, 0.2) is 0 Å². The second kappa shape index (κ2) is 5.78. The Morgan fingerprint density at radius 3 is 3.15 bits per heavy atom. The summed E-state index contributed by atoms with van der Waals surface area (Å²) in [6.45, 7) is 0. The summed E-state index contributed by atoms with van der Waals surface area (Å²) < 4.78 is 0. The van der Waals surface area contributed by atoms with E-state index >= 15 is 0 Å². The van der Waals surface area contributed by atoms with E-state index < -0.39 is 5.97 Å². The van der Waals surface area contributed by atoms with Crippen LogP contribution in [0.3, 0.4) is 0 Å². The molecule has 2 unspecified atom stereocenters. The molecule has 0 radical (unpaired) electrons. The van der Waals surface area contributed by atoms with Gasteiger partial charge in [0.05, 0.1) is 5.37 Å². The molecule has 1 fully saturated rings. The van der Waals surface area contributed by atoms with Crippen LogP contribution in [0.15, 0.2) is 0 Å². The van der Waals surface area contributed by atoms with Crippen LogP contribution >= 0.6 is 23.5 Å². The molecule has 76 valence electrons. The number of hydrogen-bond acceptors (Lipinski definition) is 4. The number of nitrogens with one attached hydrogen (secondary N) is 1. The molecule has 0 saturated carbocycles. The van der Waals surface area contributed by atoms with Gasteiger partial charge in [-0.3, -0.25) is 10.1 Å². The van der Waals surface area contributed by atoms with Crippen LogP contribution in [0.5, 0.6) is 0 Å². The van der Waals surface area contributed by atoms with Crippen LogP contribution < -0.4 is 5.32 Å². The van der Waals surface area contributed by atoms with Crippen molar-refractivity contribution in [3.63, 3.8) is 0 Å². The highest BCUT2D eigenvalue weighted by molar-refractivity contribution is 8.00. The smallest absolute Gasteiger partial charge is 0.320 e. The van der Waals surface area contributed by atoms with Crippen molar-refractivity contribution in [1.82, 2.24) is 5.32 Å². The molecule has 0 amide bonds. The summed E-state index contributed by atoms with van der Waals surface area (Å²) in [6.07, 6.45) is 3.87. The Morgan fingerprint density at radius 2 is 2.54 bits per heavy atom. The predicted molar refractivity (Wildman–Crippen MR) is 58.4 cm³/mol. The van der Waals surface area contributed by atoms with Gasteiger partial charge >= 0.3 is 5.97 Å². The zero-order valence-corrected chi connectivity index (χ0v) is 9.29. The van der Waals surface area contributed by atoms with Gasteiger partial charge in [0.2, 0.25) is 0 Å². The van der Waals surface area contributed by atoms with E-state index in [-0.39, 0.29) is 6.04 Å². The fraction of sp³-hybridized carbons (Fsp3) is 0.875. The zero-order chi connectivity index (χ0) is 9.68. The molecule has 5 heteroatoms. The molecule has 1 heterocycles. The lowest BCUT2D eigenvalue weighted by molar-refractivity contribution is -0.139. The van der Waals surface area contributed by atoms with Crippen molar-refractivity contribution in [3.05, 3.63) is 0 Å². The molecule has 0 aliphatic carbocycles. The van der Waals surface area contributed by atoms with Crippen molar-refractivity contribution in [2.45, 2.75) is 24.3 Å². The standard InChI is InChI=1S/C8H15NO2S2/c1-12-4-3-7-9-6(8(10)11)2-5-13-7/h6-7,9H,2-5H2,1H3,(H,10,11). The number of aliphatic carboxylic acids is 1. The number of carboxylic acid groups (broad SMARTS) is 1. The largest absolute Gasteiger partial charge is 0.480 e. The lowest BCUT2D eigenvalue weighted by atomic mass is 10.2. The number of carboxylic acids is 1. The first-order chi connectivity index (χ1) is 6.24. The van der Waals surface area contributed by atoms with Gasteiger partial charge < -0.3 is 5.11 Å². The first kappa shape index (κ1) is 11.2. The third kappa shape index (κ3) is 3.79. The van der Waals surface area contributed by atoms with Crippen LogP contribution in [0, 0.1) is 0 Å². The van der Waals surface area contributed by atoms with Crippen molar-refractivity contribution in [1.29, 1.82) is 0 Å². The van der Waals surface area contributed by atoms with Crippen molar-refractivity contribution < 1.29 is 9.90 Å². The van der Waals surface area contributed by atoms with Crippen LogP contribution in [-0.2, 0) is 4.79 Å². The fourth-order valence-electron chi connectivity index (χ4n) is 1.27. The minimum absolute atomic E-state index is 0.326. The van der Waals surface area contributed by atoms with Crippen LogP contribution in [0.1, 0.15) is 12.8 Å². The summed E-state index contributed by atoms with van der Waals surface area (Å²) in [7, 11) is 0. The Hall–Kier alpha value is 0.130. The van der Waals surface area contributed by atoms with E-state index in [4.69, 9.17) is 5.11 Å². The summed E-state index contributed by atoms with van der Waals surface area (Å²) in [5.41, 5.74) is 0. The molecule has 0 aromatic heterocycles. The quantitative estimate of drug-likeness (QED) is 0.748.